The fourth-order valence-electron chi connectivity index (χ4n) is 4.40. The number of nitriles is 1. The lowest BCUT2D eigenvalue weighted by atomic mass is 9.76. The number of amides is 1. The van der Waals surface area contributed by atoms with Gasteiger partial charge < -0.3 is 4.90 Å². The van der Waals surface area contributed by atoms with E-state index in [2.05, 4.69) is 9.98 Å². The van der Waals surface area contributed by atoms with Crippen LogP contribution < -0.4 is 0 Å². The second-order valence-corrected chi connectivity index (χ2v) is 9.72. The largest absolute Gasteiger partial charge is 0.400 e. The van der Waals surface area contributed by atoms with Gasteiger partial charge in [-0.05, 0) is 35.9 Å². The molecule has 1 atom stereocenters. The number of carbonyl (C=O) groups is 1. The van der Waals surface area contributed by atoms with Crippen molar-refractivity contribution in [3.8, 4) is 6.07 Å². The van der Waals surface area contributed by atoms with Crippen LogP contribution in [-0.4, -0.2) is 53.5 Å². The summed E-state index contributed by atoms with van der Waals surface area (Å²) < 4.78 is 80.2. The molecule has 1 aromatic carbocycles. The van der Waals surface area contributed by atoms with Gasteiger partial charge in [-0.15, -0.1) is 0 Å². The van der Waals surface area contributed by atoms with Crippen molar-refractivity contribution in [2.75, 3.05) is 19.6 Å². The second-order valence-electron chi connectivity index (χ2n) is 8.85. The number of rotatable bonds is 4. The highest BCUT2D eigenvalue weighted by Crippen LogP contribution is 2.49. The second kappa shape index (κ2) is 8.92. The van der Waals surface area contributed by atoms with E-state index in [1.54, 1.807) is 0 Å². The van der Waals surface area contributed by atoms with Gasteiger partial charge in [0.25, 0.3) is 0 Å². The van der Waals surface area contributed by atoms with E-state index in [9.17, 15) is 36.4 Å². The number of pyridine rings is 1. The maximum absolute atomic E-state index is 14.3. The zero-order valence-corrected chi connectivity index (χ0v) is 19.7. The molecule has 0 bridgehead atoms. The molecule has 0 aliphatic carbocycles. The summed E-state index contributed by atoms with van der Waals surface area (Å²) in [5.74, 6) is -1.14. The molecular formula is C23H16Cl2F6N4O. The molecule has 4 rings (SSSR count). The molecular weight excluding hydrogens is 533 g/mol. The molecule has 2 aliphatic rings. The van der Waals surface area contributed by atoms with Gasteiger partial charge in [-0.1, -0.05) is 23.2 Å². The number of hydrogen-bond acceptors (Lipinski definition) is 4. The quantitative estimate of drug-likeness (QED) is 0.464. The van der Waals surface area contributed by atoms with Crippen LogP contribution in [0.15, 0.2) is 41.5 Å². The van der Waals surface area contributed by atoms with E-state index in [1.165, 1.54) is 36.5 Å². The SMILES string of the molecule is N#CC1(c2ccc(C3=NCC(c4cc(Cl)cc(Cl)c4)(C(F)(F)F)C3)cn2)CN(C(=O)CC(F)(F)F)C1. The number of alkyl halides is 6. The summed E-state index contributed by atoms with van der Waals surface area (Å²) in [6.45, 7) is -1.11. The summed E-state index contributed by atoms with van der Waals surface area (Å²) in [6.07, 6.45) is -10.2. The molecule has 190 valence electrons. The van der Waals surface area contributed by atoms with Gasteiger partial charge >= 0.3 is 12.4 Å². The summed E-state index contributed by atoms with van der Waals surface area (Å²) in [4.78, 5) is 21.0. The summed E-state index contributed by atoms with van der Waals surface area (Å²) in [5, 5.41) is 9.73. The number of likely N-dealkylation sites (tertiary alicyclic amines) is 1. The lowest BCUT2D eigenvalue weighted by Gasteiger charge is -2.45. The predicted molar refractivity (Wildman–Crippen MR) is 119 cm³/mol. The highest BCUT2D eigenvalue weighted by atomic mass is 35.5. The van der Waals surface area contributed by atoms with Gasteiger partial charge in [-0.25, -0.2) is 0 Å². The third kappa shape index (κ3) is 4.76. The molecule has 1 unspecified atom stereocenters. The lowest BCUT2D eigenvalue weighted by molar-refractivity contribution is -0.183. The Balaban J connectivity index is 1.53. The molecule has 1 aromatic heterocycles. The van der Waals surface area contributed by atoms with E-state index in [0.717, 1.165) is 4.90 Å². The van der Waals surface area contributed by atoms with Crippen molar-refractivity contribution < 1.29 is 31.1 Å². The minimum Gasteiger partial charge on any atom is -0.338 e. The number of aliphatic imine (C=N–C) groups is 1. The van der Waals surface area contributed by atoms with Gasteiger partial charge in [0.05, 0.1) is 18.3 Å². The zero-order valence-electron chi connectivity index (χ0n) is 18.2. The van der Waals surface area contributed by atoms with E-state index in [-0.39, 0.29) is 40.1 Å². The van der Waals surface area contributed by atoms with Crippen LogP contribution in [0.5, 0.6) is 0 Å². The first kappa shape index (κ1) is 26.2. The summed E-state index contributed by atoms with van der Waals surface area (Å²) in [6, 6.07) is 8.61. The third-order valence-corrected chi connectivity index (χ3v) is 6.83. The van der Waals surface area contributed by atoms with Crippen molar-refractivity contribution in [3.05, 3.63) is 63.4 Å². The summed E-state index contributed by atoms with van der Waals surface area (Å²) in [5.41, 5.74) is -3.11. The van der Waals surface area contributed by atoms with Crippen LogP contribution in [0.25, 0.3) is 0 Å². The maximum Gasteiger partial charge on any atom is 0.400 e. The fourth-order valence-corrected chi connectivity index (χ4v) is 4.93. The van der Waals surface area contributed by atoms with Crippen molar-refractivity contribution >= 4 is 34.8 Å². The first-order chi connectivity index (χ1) is 16.7. The molecule has 2 aliphatic heterocycles. The van der Waals surface area contributed by atoms with Crippen molar-refractivity contribution in [3.63, 3.8) is 0 Å². The van der Waals surface area contributed by atoms with Crippen LogP contribution in [-0.2, 0) is 15.6 Å². The zero-order chi connectivity index (χ0) is 26.5. The van der Waals surface area contributed by atoms with E-state index in [4.69, 9.17) is 23.2 Å². The highest BCUT2D eigenvalue weighted by molar-refractivity contribution is 6.34. The minimum absolute atomic E-state index is 0.0608. The van der Waals surface area contributed by atoms with Gasteiger partial charge in [-0.3, -0.25) is 14.8 Å². The molecule has 0 saturated carbocycles. The Kier molecular flexibility index (Phi) is 6.50. The Labute approximate surface area is 211 Å². The van der Waals surface area contributed by atoms with E-state index < -0.39 is 48.5 Å². The summed E-state index contributed by atoms with van der Waals surface area (Å²) >= 11 is 11.9. The van der Waals surface area contributed by atoms with E-state index in [1.807, 2.05) is 6.07 Å². The molecule has 36 heavy (non-hydrogen) atoms. The Hall–Kier alpha value is -2.84. The molecule has 0 N–H and O–H groups in total. The molecule has 0 radical (unpaired) electrons. The first-order valence-corrected chi connectivity index (χ1v) is 11.2. The normalized spacial score (nSPS) is 21.5. The number of nitrogens with zero attached hydrogens (tertiary/aromatic N) is 4. The van der Waals surface area contributed by atoms with E-state index >= 15 is 0 Å². The maximum atomic E-state index is 14.3. The molecule has 1 amide bonds. The van der Waals surface area contributed by atoms with Crippen LogP contribution >= 0.6 is 23.2 Å². The fraction of sp³-hybridized carbons (Fsp3) is 0.391. The average molecular weight is 549 g/mol. The van der Waals surface area contributed by atoms with Crippen molar-refractivity contribution in [1.82, 2.24) is 9.88 Å². The molecule has 2 aromatic rings. The van der Waals surface area contributed by atoms with Gasteiger partial charge in [-0.2, -0.15) is 31.6 Å². The van der Waals surface area contributed by atoms with Gasteiger partial charge in [0, 0.05) is 47.0 Å². The Bertz CT molecular complexity index is 1240. The van der Waals surface area contributed by atoms with Crippen LogP contribution in [0.4, 0.5) is 26.3 Å². The third-order valence-electron chi connectivity index (χ3n) is 6.39. The van der Waals surface area contributed by atoms with Crippen LogP contribution in [0, 0.1) is 11.3 Å². The average Bonchev–Trinajstić information content (AvgIpc) is 3.19. The number of carbonyl (C=O) groups excluding carboxylic acids is 1. The molecule has 5 nitrogen and oxygen atoms in total. The Morgan fingerprint density at radius 1 is 1.08 bits per heavy atom. The molecule has 3 heterocycles. The molecule has 1 fully saturated rings. The van der Waals surface area contributed by atoms with Crippen molar-refractivity contribution in [1.29, 1.82) is 5.26 Å². The predicted octanol–water partition coefficient (Wildman–Crippen LogP) is 5.64. The van der Waals surface area contributed by atoms with Crippen molar-refractivity contribution in [2.24, 2.45) is 4.99 Å². The van der Waals surface area contributed by atoms with Crippen LogP contribution in [0.3, 0.4) is 0 Å². The van der Waals surface area contributed by atoms with Crippen LogP contribution in [0.1, 0.15) is 29.7 Å². The molecule has 1 saturated heterocycles. The Morgan fingerprint density at radius 3 is 2.22 bits per heavy atom. The van der Waals surface area contributed by atoms with Gasteiger partial charge in [0.1, 0.15) is 17.3 Å². The van der Waals surface area contributed by atoms with Gasteiger partial charge in [0.15, 0.2) is 0 Å². The monoisotopic (exact) mass is 548 g/mol. The molecule has 0 spiro atoms. The summed E-state index contributed by atoms with van der Waals surface area (Å²) in [7, 11) is 0. The lowest BCUT2D eigenvalue weighted by Crippen LogP contribution is -2.61. The smallest absolute Gasteiger partial charge is 0.338 e. The Morgan fingerprint density at radius 2 is 1.72 bits per heavy atom. The minimum atomic E-state index is -4.66. The standard InChI is InChI=1S/C23H16Cl2F6N4O/c24-15-3-14(4-16(25)5-15)21(23(29,30)31)6-17(34-10-21)13-1-2-18(33-8-13)20(9-32)11-35(12-20)19(36)7-22(26,27)28/h1-5,8H,6-7,10-12H2. The number of benzene rings is 1. The first-order valence-electron chi connectivity index (χ1n) is 10.5. The topological polar surface area (TPSA) is 69.3 Å². The highest BCUT2D eigenvalue weighted by Gasteiger charge is 2.58. The van der Waals surface area contributed by atoms with E-state index in [0.29, 0.717) is 5.56 Å². The number of halogens is 8. The number of aromatic nitrogens is 1. The molecule has 13 heteroatoms. The van der Waals surface area contributed by atoms with Crippen molar-refractivity contribution in [2.45, 2.75) is 36.0 Å². The van der Waals surface area contributed by atoms with Gasteiger partial charge in [0.2, 0.25) is 5.91 Å². The number of hydrogen-bond donors (Lipinski definition) is 0. The van der Waals surface area contributed by atoms with Crippen LogP contribution in [0.2, 0.25) is 10.0 Å².